The Hall–Kier alpha value is -1.93. The van der Waals surface area contributed by atoms with Crippen LogP contribution in [0.15, 0.2) is 41.8 Å². The van der Waals surface area contributed by atoms with Gasteiger partial charge in [-0.3, -0.25) is 9.69 Å². The van der Waals surface area contributed by atoms with Gasteiger partial charge in [-0.05, 0) is 42.7 Å². The second-order valence-electron chi connectivity index (χ2n) is 6.20. The van der Waals surface area contributed by atoms with E-state index in [4.69, 9.17) is 9.72 Å². The van der Waals surface area contributed by atoms with Crippen molar-refractivity contribution < 1.29 is 9.53 Å². The molecule has 0 unspecified atom stereocenters. The number of nitrogens with zero attached hydrogens (tertiary/aromatic N) is 3. The number of fused-ring (bicyclic) bond motifs is 1. The predicted molar refractivity (Wildman–Crippen MR) is 127 cm³/mol. The first-order valence-corrected chi connectivity index (χ1v) is 11.0. The molecule has 3 rings (SSSR count). The van der Waals surface area contributed by atoms with E-state index in [0.717, 1.165) is 45.6 Å². The molecule has 0 atom stereocenters. The zero-order valence-electron chi connectivity index (χ0n) is 16.8. The number of thiazole rings is 1. The van der Waals surface area contributed by atoms with Crippen LogP contribution in [-0.4, -0.2) is 49.1 Å². The van der Waals surface area contributed by atoms with Crippen LogP contribution in [0.1, 0.15) is 18.7 Å². The largest absolute Gasteiger partial charge is 0.497 e. The first kappa shape index (κ1) is 23.3. The van der Waals surface area contributed by atoms with E-state index in [1.54, 1.807) is 29.4 Å². The molecule has 3 aromatic rings. The SMILES string of the molecule is CCN(CC)CCN(C(=O)C=Cc1cccs1)c1nc2cc(OC)ccc2s1.Cl. The van der Waals surface area contributed by atoms with Crippen molar-refractivity contribution in [1.29, 1.82) is 0 Å². The molecule has 1 aromatic carbocycles. The lowest BCUT2D eigenvalue weighted by molar-refractivity contribution is -0.114. The van der Waals surface area contributed by atoms with Crippen LogP contribution < -0.4 is 9.64 Å². The van der Waals surface area contributed by atoms with Crippen LogP contribution in [-0.2, 0) is 4.79 Å². The third-order valence-corrected chi connectivity index (χ3v) is 6.44. The van der Waals surface area contributed by atoms with Gasteiger partial charge in [0.05, 0.1) is 17.3 Å². The fourth-order valence-electron chi connectivity index (χ4n) is 2.85. The summed E-state index contributed by atoms with van der Waals surface area (Å²) < 4.78 is 6.34. The van der Waals surface area contributed by atoms with E-state index in [-0.39, 0.29) is 18.3 Å². The molecule has 1 amide bonds. The van der Waals surface area contributed by atoms with Crippen LogP contribution in [0.25, 0.3) is 16.3 Å². The number of thiophene rings is 1. The normalized spacial score (nSPS) is 11.2. The lowest BCUT2D eigenvalue weighted by Crippen LogP contribution is -2.38. The Labute approximate surface area is 186 Å². The van der Waals surface area contributed by atoms with Crippen molar-refractivity contribution >= 4 is 62.4 Å². The van der Waals surface area contributed by atoms with E-state index in [2.05, 4.69) is 18.7 Å². The van der Waals surface area contributed by atoms with Gasteiger partial charge in [0.15, 0.2) is 5.13 Å². The highest BCUT2D eigenvalue weighted by atomic mass is 35.5. The number of rotatable bonds is 9. The van der Waals surface area contributed by atoms with Crippen LogP contribution in [0.4, 0.5) is 5.13 Å². The van der Waals surface area contributed by atoms with Crippen LogP contribution >= 0.6 is 35.1 Å². The molecule has 0 spiro atoms. The monoisotopic (exact) mass is 451 g/mol. The van der Waals surface area contributed by atoms with E-state index >= 15 is 0 Å². The number of carbonyl (C=O) groups is 1. The molecule has 0 saturated heterocycles. The van der Waals surface area contributed by atoms with Gasteiger partial charge < -0.3 is 9.64 Å². The molecule has 29 heavy (non-hydrogen) atoms. The van der Waals surface area contributed by atoms with Crippen molar-refractivity contribution in [2.45, 2.75) is 13.8 Å². The number of hydrogen-bond donors (Lipinski definition) is 0. The van der Waals surface area contributed by atoms with E-state index in [9.17, 15) is 4.79 Å². The van der Waals surface area contributed by atoms with Gasteiger partial charge in [-0.15, -0.1) is 23.7 Å². The third kappa shape index (κ3) is 6.02. The summed E-state index contributed by atoms with van der Waals surface area (Å²) in [5.74, 6) is 0.717. The lowest BCUT2D eigenvalue weighted by atomic mass is 10.3. The molecule has 5 nitrogen and oxygen atoms in total. The van der Waals surface area contributed by atoms with Gasteiger partial charge in [0.25, 0.3) is 5.91 Å². The fourth-order valence-corrected chi connectivity index (χ4v) is 4.44. The molecule has 8 heteroatoms. The summed E-state index contributed by atoms with van der Waals surface area (Å²) in [6, 6.07) is 9.79. The molecule has 2 heterocycles. The van der Waals surface area contributed by atoms with Gasteiger partial charge in [-0.2, -0.15) is 0 Å². The maximum atomic E-state index is 13.0. The first-order valence-electron chi connectivity index (χ1n) is 9.34. The maximum Gasteiger partial charge on any atom is 0.252 e. The lowest BCUT2D eigenvalue weighted by Gasteiger charge is -2.23. The number of carbonyl (C=O) groups excluding carboxylic acids is 1. The molecule has 0 N–H and O–H groups in total. The smallest absolute Gasteiger partial charge is 0.252 e. The predicted octanol–water partition coefficient (Wildman–Crippen LogP) is 5.18. The average molecular weight is 452 g/mol. The third-order valence-electron chi connectivity index (χ3n) is 4.55. The minimum absolute atomic E-state index is 0. The molecule has 0 saturated carbocycles. The number of benzene rings is 1. The molecule has 2 aromatic heterocycles. The van der Waals surface area contributed by atoms with Crippen LogP contribution in [0.2, 0.25) is 0 Å². The maximum absolute atomic E-state index is 13.0. The minimum Gasteiger partial charge on any atom is -0.497 e. The topological polar surface area (TPSA) is 45.7 Å². The van der Waals surface area contributed by atoms with Crippen molar-refractivity contribution in [1.82, 2.24) is 9.88 Å². The summed E-state index contributed by atoms with van der Waals surface area (Å²) in [5, 5.41) is 2.72. The van der Waals surface area contributed by atoms with Crippen LogP contribution in [0.5, 0.6) is 5.75 Å². The molecule has 0 aliphatic heterocycles. The number of ether oxygens (including phenoxy) is 1. The fraction of sp³-hybridized carbons (Fsp3) is 0.333. The Morgan fingerprint density at radius 3 is 2.66 bits per heavy atom. The van der Waals surface area contributed by atoms with Gasteiger partial charge in [0, 0.05) is 30.1 Å². The summed E-state index contributed by atoms with van der Waals surface area (Å²) in [7, 11) is 1.64. The summed E-state index contributed by atoms with van der Waals surface area (Å²) in [5.41, 5.74) is 0.849. The number of likely N-dealkylation sites (N-methyl/N-ethyl adjacent to an activating group) is 1. The standard InChI is InChI=1S/C21H25N3O2S2.ClH/c1-4-23(5-2)12-13-24(20(25)11-9-17-7-6-14-27-17)21-22-18-15-16(26-3)8-10-19(18)28-21;/h6-11,14-15H,4-5,12-13H2,1-3H3;1H. The molecule has 0 aliphatic rings. The number of halogens is 1. The second kappa shape index (κ2) is 11.3. The zero-order valence-corrected chi connectivity index (χ0v) is 19.3. The average Bonchev–Trinajstić information content (AvgIpc) is 3.38. The highest BCUT2D eigenvalue weighted by Crippen LogP contribution is 2.31. The van der Waals surface area contributed by atoms with Crippen molar-refractivity contribution in [3.8, 4) is 5.75 Å². The van der Waals surface area contributed by atoms with Crippen LogP contribution in [0.3, 0.4) is 0 Å². The number of methoxy groups -OCH3 is 1. The van der Waals surface area contributed by atoms with Crippen molar-refractivity contribution in [2.75, 3.05) is 38.2 Å². The molecule has 0 fully saturated rings. The molecular formula is C21H26ClN3O2S2. The molecule has 0 radical (unpaired) electrons. The van der Waals surface area contributed by atoms with E-state index < -0.39 is 0 Å². The molecule has 156 valence electrons. The van der Waals surface area contributed by atoms with Crippen molar-refractivity contribution in [3.63, 3.8) is 0 Å². The summed E-state index contributed by atoms with van der Waals surface area (Å²) >= 11 is 3.14. The van der Waals surface area contributed by atoms with E-state index in [1.165, 1.54) is 11.3 Å². The Balaban J connectivity index is 0.00000300. The van der Waals surface area contributed by atoms with E-state index in [1.807, 2.05) is 41.8 Å². The Bertz CT molecular complexity index is 937. The highest BCUT2D eigenvalue weighted by Gasteiger charge is 2.19. The Morgan fingerprint density at radius 1 is 1.21 bits per heavy atom. The van der Waals surface area contributed by atoms with Gasteiger partial charge in [-0.1, -0.05) is 31.3 Å². The number of anilines is 1. The quantitative estimate of drug-likeness (QED) is 0.420. The van der Waals surface area contributed by atoms with Crippen LogP contribution in [0, 0.1) is 0 Å². The molecule has 0 aliphatic carbocycles. The van der Waals surface area contributed by atoms with Crippen molar-refractivity contribution in [3.05, 3.63) is 46.7 Å². The highest BCUT2D eigenvalue weighted by molar-refractivity contribution is 7.22. The number of aromatic nitrogens is 1. The zero-order chi connectivity index (χ0) is 19.9. The summed E-state index contributed by atoms with van der Waals surface area (Å²) in [6.45, 7) is 7.60. The summed E-state index contributed by atoms with van der Waals surface area (Å²) in [4.78, 5) is 22.9. The van der Waals surface area contributed by atoms with E-state index in [0.29, 0.717) is 6.54 Å². The van der Waals surface area contributed by atoms with Crippen molar-refractivity contribution in [2.24, 2.45) is 0 Å². The summed E-state index contributed by atoms with van der Waals surface area (Å²) in [6.07, 6.45) is 3.51. The first-order chi connectivity index (χ1) is 13.6. The number of hydrogen-bond acceptors (Lipinski definition) is 6. The minimum atomic E-state index is -0.0495. The van der Waals surface area contributed by atoms with Gasteiger partial charge in [0.1, 0.15) is 5.75 Å². The second-order valence-corrected chi connectivity index (χ2v) is 8.18. The van der Waals surface area contributed by atoms with Gasteiger partial charge >= 0.3 is 0 Å². The van der Waals surface area contributed by atoms with Gasteiger partial charge in [0.2, 0.25) is 0 Å². The number of amides is 1. The molecular weight excluding hydrogens is 426 g/mol. The Morgan fingerprint density at radius 2 is 2.00 bits per heavy atom. The van der Waals surface area contributed by atoms with Gasteiger partial charge in [-0.25, -0.2) is 4.98 Å². The molecule has 0 bridgehead atoms. The Kier molecular flexibility index (Phi) is 9.10.